The van der Waals surface area contributed by atoms with Crippen LogP contribution in [0.1, 0.15) is 0 Å². The molecule has 0 saturated carbocycles. The highest BCUT2D eigenvalue weighted by Gasteiger charge is 2.19. The van der Waals surface area contributed by atoms with Crippen LogP contribution in [0.15, 0.2) is 82.6 Å². The number of nitrogens with zero attached hydrogens (tertiary/aromatic N) is 1. The van der Waals surface area contributed by atoms with Crippen LogP contribution in [-0.4, -0.2) is 13.4 Å². The van der Waals surface area contributed by atoms with Crippen LogP contribution >= 0.6 is 11.6 Å². The zero-order chi connectivity index (χ0) is 18.9. The third-order valence-electron chi connectivity index (χ3n) is 3.89. The van der Waals surface area contributed by atoms with Crippen LogP contribution in [0.2, 0.25) is 5.02 Å². The standard InChI is InChI=1S/C19H14ClN3O3S/c20-16-3-1-2-4-18(16)27(24,25)23-15-11-13-7-10-26-19(13)17(12-15)22-14-5-8-21-9-6-14/h1-12,23H,(H,21,22). The van der Waals surface area contributed by atoms with E-state index < -0.39 is 10.0 Å². The normalized spacial score (nSPS) is 11.4. The summed E-state index contributed by atoms with van der Waals surface area (Å²) in [6, 6.07) is 15.0. The number of furan rings is 1. The van der Waals surface area contributed by atoms with E-state index in [4.69, 9.17) is 16.0 Å². The van der Waals surface area contributed by atoms with Crippen molar-refractivity contribution >= 4 is 49.7 Å². The minimum Gasteiger partial charge on any atom is -0.462 e. The lowest BCUT2D eigenvalue weighted by Gasteiger charge is -2.12. The Labute approximate surface area is 160 Å². The first-order valence-electron chi connectivity index (χ1n) is 7.98. The molecule has 2 heterocycles. The van der Waals surface area contributed by atoms with Gasteiger partial charge in [0.05, 0.1) is 22.7 Å². The van der Waals surface area contributed by atoms with Gasteiger partial charge >= 0.3 is 0 Å². The van der Waals surface area contributed by atoms with Crippen molar-refractivity contribution in [3.05, 3.63) is 78.3 Å². The Hall–Kier alpha value is -3.03. The molecule has 0 atom stereocenters. The van der Waals surface area contributed by atoms with Crippen LogP contribution in [-0.2, 0) is 10.0 Å². The van der Waals surface area contributed by atoms with Gasteiger partial charge in [-0.05, 0) is 42.5 Å². The molecule has 27 heavy (non-hydrogen) atoms. The van der Waals surface area contributed by atoms with E-state index in [1.165, 1.54) is 12.1 Å². The molecule has 0 radical (unpaired) electrons. The third-order valence-corrected chi connectivity index (χ3v) is 5.77. The van der Waals surface area contributed by atoms with Crippen LogP contribution in [0.5, 0.6) is 0 Å². The molecule has 8 heteroatoms. The van der Waals surface area contributed by atoms with E-state index in [0.29, 0.717) is 17.0 Å². The zero-order valence-corrected chi connectivity index (χ0v) is 15.5. The van der Waals surface area contributed by atoms with Gasteiger partial charge in [-0.3, -0.25) is 9.71 Å². The summed E-state index contributed by atoms with van der Waals surface area (Å²) in [5, 5.41) is 4.13. The van der Waals surface area contributed by atoms with Gasteiger partial charge < -0.3 is 9.73 Å². The Bertz CT molecular complexity index is 1210. The van der Waals surface area contributed by atoms with Crippen LogP contribution in [0.4, 0.5) is 17.1 Å². The van der Waals surface area contributed by atoms with Crippen molar-refractivity contribution in [3.8, 4) is 0 Å². The molecule has 0 unspecified atom stereocenters. The van der Waals surface area contributed by atoms with E-state index in [9.17, 15) is 8.42 Å². The van der Waals surface area contributed by atoms with Crippen LogP contribution in [0.25, 0.3) is 11.0 Å². The second-order valence-electron chi connectivity index (χ2n) is 5.76. The fourth-order valence-corrected chi connectivity index (χ4v) is 4.26. The minimum atomic E-state index is -3.84. The van der Waals surface area contributed by atoms with E-state index in [2.05, 4.69) is 15.0 Å². The molecule has 0 aliphatic carbocycles. The van der Waals surface area contributed by atoms with Crippen molar-refractivity contribution in [2.45, 2.75) is 4.90 Å². The number of sulfonamides is 1. The second kappa shape index (κ2) is 6.94. The average molecular weight is 400 g/mol. The van der Waals surface area contributed by atoms with Gasteiger partial charge in [0.2, 0.25) is 0 Å². The summed E-state index contributed by atoms with van der Waals surface area (Å²) >= 11 is 6.04. The summed E-state index contributed by atoms with van der Waals surface area (Å²) in [4.78, 5) is 4.00. The van der Waals surface area contributed by atoms with Crippen molar-refractivity contribution in [2.75, 3.05) is 10.0 Å². The fraction of sp³-hybridized carbons (Fsp3) is 0. The van der Waals surface area contributed by atoms with Gasteiger partial charge in [-0.15, -0.1) is 0 Å². The molecule has 6 nitrogen and oxygen atoms in total. The Kier molecular flexibility index (Phi) is 4.47. The van der Waals surface area contributed by atoms with Gasteiger partial charge in [0.1, 0.15) is 4.90 Å². The van der Waals surface area contributed by atoms with Gasteiger partial charge in [-0.25, -0.2) is 8.42 Å². The Morgan fingerprint density at radius 2 is 1.74 bits per heavy atom. The monoisotopic (exact) mass is 399 g/mol. The summed E-state index contributed by atoms with van der Waals surface area (Å²) < 4.78 is 33.5. The highest BCUT2D eigenvalue weighted by Crippen LogP contribution is 2.32. The maximum atomic E-state index is 12.7. The average Bonchev–Trinajstić information content (AvgIpc) is 3.11. The van der Waals surface area contributed by atoms with Gasteiger partial charge in [0.25, 0.3) is 10.0 Å². The van der Waals surface area contributed by atoms with Gasteiger partial charge in [0, 0.05) is 23.5 Å². The molecule has 0 aliphatic rings. The summed E-state index contributed by atoms with van der Waals surface area (Å²) in [5.41, 5.74) is 2.43. The zero-order valence-electron chi connectivity index (χ0n) is 13.9. The Balaban J connectivity index is 1.73. The van der Waals surface area contributed by atoms with Crippen molar-refractivity contribution in [1.82, 2.24) is 4.98 Å². The number of fused-ring (bicyclic) bond motifs is 1. The van der Waals surface area contributed by atoms with E-state index in [1.807, 2.05) is 0 Å². The van der Waals surface area contributed by atoms with E-state index >= 15 is 0 Å². The van der Waals surface area contributed by atoms with Gasteiger partial charge in [-0.1, -0.05) is 23.7 Å². The van der Waals surface area contributed by atoms with E-state index in [-0.39, 0.29) is 9.92 Å². The van der Waals surface area contributed by atoms with Crippen molar-refractivity contribution in [2.24, 2.45) is 0 Å². The molecule has 0 amide bonds. The van der Waals surface area contributed by atoms with E-state index in [1.54, 1.807) is 61.1 Å². The Morgan fingerprint density at radius 3 is 2.52 bits per heavy atom. The lowest BCUT2D eigenvalue weighted by atomic mass is 10.2. The van der Waals surface area contributed by atoms with Crippen molar-refractivity contribution < 1.29 is 12.8 Å². The van der Waals surface area contributed by atoms with Gasteiger partial charge in [-0.2, -0.15) is 0 Å². The molecule has 2 aromatic heterocycles. The maximum absolute atomic E-state index is 12.7. The molecule has 136 valence electrons. The number of aromatic nitrogens is 1. The smallest absolute Gasteiger partial charge is 0.263 e. The second-order valence-corrected chi connectivity index (χ2v) is 7.82. The lowest BCUT2D eigenvalue weighted by molar-refractivity contribution is 0.601. The molecule has 2 N–H and O–H groups in total. The summed E-state index contributed by atoms with van der Waals surface area (Å²) in [6.07, 6.45) is 4.87. The molecule has 0 saturated heterocycles. The molecule has 2 aromatic carbocycles. The molecule has 4 rings (SSSR count). The van der Waals surface area contributed by atoms with Gasteiger partial charge in [0.15, 0.2) is 5.58 Å². The molecule has 0 aliphatic heterocycles. The summed E-state index contributed by atoms with van der Waals surface area (Å²) in [5.74, 6) is 0. The number of benzene rings is 2. The quantitative estimate of drug-likeness (QED) is 0.492. The molecule has 4 aromatic rings. The highest BCUT2D eigenvalue weighted by molar-refractivity contribution is 7.92. The summed E-state index contributed by atoms with van der Waals surface area (Å²) in [6.45, 7) is 0. The number of hydrogen-bond acceptors (Lipinski definition) is 5. The fourth-order valence-electron chi connectivity index (χ4n) is 2.70. The third kappa shape index (κ3) is 3.60. The first kappa shape index (κ1) is 17.4. The largest absolute Gasteiger partial charge is 0.462 e. The maximum Gasteiger partial charge on any atom is 0.263 e. The minimum absolute atomic E-state index is 0.0163. The number of hydrogen-bond donors (Lipinski definition) is 2. The molecule has 0 fully saturated rings. The number of rotatable bonds is 5. The summed E-state index contributed by atoms with van der Waals surface area (Å²) in [7, 11) is -3.84. The van der Waals surface area contributed by atoms with Crippen LogP contribution in [0, 0.1) is 0 Å². The number of nitrogens with one attached hydrogen (secondary N) is 2. The number of anilines is 3. The predicted octanol–water partition coefficient (Wildman–Crippen LogP) is 5.03. The predicted molar refractivity (Wildman–Crippen MR) is 106 cm³/mol. The van der Waals surface area contributed by atoms with E-state index in [0.717, 1.165) is 11.1 Å². The number of halogens is 1. The van der Waals surface area contributed by atoms with Crippen molar-refractivity contribution in [1.29, 1.82) is 0 Å². The topological polar surface area (TPSA) is 84.2 Å². The van der Waals surface area contributed by atoms with Crippen LogP contribution in [0.3, 0.4) is 0 Å². The first-order valence-corrected chi connectivity index (χ1v) is 9.85. The SMILES string of the molecule is O=S(=O)(Nc1cc(Nc2ccncc2)c2occc2c1)c1ccccc1Cl. The van der Waals surface area contributed by atoms with Crippen molar-refractivity contribution in [3.63, 3.8) is 0 Å². The van der Waals surface area contributed by atoms with Crippen LogP contribution < -0.4 is 10.0 Å². The number of pyridine rings is 1. The Morgan fingerprint density at radius 1 is 0.963 bits per heavy atom. The first-order chi connectivity index (χ1) is 13.0. The molecule has 0 bridgehead atoms. The lowest BCUT2D eigenvalue weighted by Crippen LogP contribution is -2.13. The molecule has 0 spiro atoms. The molecular weight excluding hydrogens is 386 g/mol. The molecular formula is C19H14ClN3O3S. The highest BCUT2D eigenvalue weighted by atomic mass is 35.5.